The van der Waals surface area contributed by atoms with Gasteiger partial charge in [-0.05, 0) is 31.2 Å². The Balaban J connectivity index is 2.67. The van der Waals surface area contributed by atoms with Gasteiger partial charge in [0.1, 0.15) is 5.82 Å². The third-order valence-corrected chi connectivity index (χ3v) is 3.43. The summed E-state index contributed by atoms with van der Waals surface area (Å²) in [5, 5.41) is 8.69. The van der Waals surface area contributed by atoms with Crippen LogP contribution in [0.1, 0.15) is 24.2 Å². The average Bonchev–Trinajstić information content (AvgIpc) is 2.28. The zero-order chi connectivity index (χ0) is 12.1. The first-order valence-electron chi connectivity index (χ1n) is 5.10. The first-order valence-corrected chi connectivity index (χ1v) is 6.05. The summed E-state index contributed by atoms with van der Waals surface area (Å²) in [6, 6.07) is 5.52. The highest BCUT2D eigenvalue weighted by atomic mass is 32.2. The summed E-state index contributed by atoms with van der Waals surface area (Å²) >= 11 is 1.41. The standard InChI is InChI=1S/C12H15FO2S/c1-8(7-14)16-9(2)12(15)10-3-5-11(13)6-4-10/h3-6,8-9,14H,7H2,1-2H3. The number of ketones is 1. The Morgan fingerprint density at radius 2 is 1.94 bits per heavy atom. The molecule has 0 aliphatic carbocycles. The number of carbonyl (C=O) groups is 1. The summed E-state index contributed by atoms with van der Waals surface area (Å²) in [5.74, 6) is -0.383. The molecule has 1 aromatic rings. The van der Waals surface area contributed by atoms with Gasteiger partial charge < -0.3 is 5.11 Å². The Morgan fingerprint density at radius 3 is 2.44 bits per heavy atom. The van der Waals surface area contributed by atoms with Gasteiger partial charge in [-0.15, -0.1) is 11.8 Å². The van der Waals surface area contributed by atoms with Crippen molar-refractivity contribution in [2.24, 2.45) is 0 Å². The second-order valence-corrected chi connectivity index (χ2v) is 5.43. The van der Waals surface area contributed by atoms with Crippen LogP contribution < -0.4 is 0 Å². The highest BCUT2D eigenvalue weighted by molar-refractivity contribution is 8.01. The molecule has 4 heteroatoms. The second kappa shape index (κ2) is 6.01. The summed E-state index contributed by atoms with van der Waals surface area (Å²) in [5.41, 5.74) is 0.506. The fourth-order valence-electron chi connectivity index (χ4n) is 1.30. The number of rotatable bonds is 5. The molecule has 0 saturated heterocycles. The molecule has 0 amide bonds. The molecule has 0 fully saturated rings. The molecule has 1 rings (SSSR count). The third-order valence-electron chi connectivity index (χ3n) is 2.19. The van der Waals surface area contributed by atoms with Crippen LogP contribution in [-0.2, 0) is 0 Å². The Bertz CT molecular complexity index is 351. The highest BCUT2D eigenvalue weighted by Crippen LogP contribution is 2.20. The molecule has 2 atom stereocenters. The number of halogens is 1. The van der Waals surface area contributed by atoms with E-state index in [9.17, 15) is 9.18 Å². The van der Waals surface area contributed by atoms with E-state index in [-0.39, 0.29) is 28.7 Å². The molecule has 88 valence electrons. The minimum Gasteiger partial charge on any atom is -0.395 e. The monoisotopic (exact) mass is 242 g/mol. The minimum absolute atomic E-state index is 0.0272. The second-order valence-electron chi connectivity index (χ2n) is 3.64. The minimum atomic E-state index is -0.347. The maximum atomic E-state index is 12.7. The van der Waals surface area contributed by atoms with E-state index in [1.54, 1.807) is 6.92 Å². The zero-order valence-electron chi connectivity index (χ0n) is 9.31. The first kappa shape index (κ1) is 13.2. The predicted octanol–water partition coefficient (Wildman–Crippen LogP) is 2.51. The van der Waals surface area contributed by atoms with Crippen molar-refractivity contribution in [1.82, 2.24) is 0 Å². The molecule has 0 aliphatic rings. The molecule has 0 heterocycles. The Morgan fingerprint density at radius 1 is 1.38 bits per heavy atom. The number of hydrogen-bond acceptors (Lipinski definition) is 3. The topological polar surface area (TPSA) is 37.3 Å². The molecule has 0 saturated carbocycles. The summed E-state index contributed by atoms with van der Waals surface area (Å²) in [7, 11) is 0. The van der Waals surface area contributed by atoms with Crippen molar-refractivity contribution < 1.29 is 14.3 Å². The average molecular weight is 242 g/mol. The smallest absolute Gasteiger partial charge is 0.175 e. The zero-order valence-corrected chi connectivity index (χ0v) is 10.1. The van der Waals surface area contributed by atoms with Crippen molar-refractivity contribution in [2.75, 3.05) is 6.61 Å². The van der Waals surface area contributed by atoms with E-state index in [4.69, 9.17) is 5.11 Å². The number of Topliss-reactive ketones (excluding diaryl/α,β-unsaturated/α-hetero) is 1. The molecule has 2 unspecified atom stereocenters. The number of thioether (sulfide) groups is 1. The number of aliphatic hydroxyl groups is 1. The van der Waals surface area contributed by atoms with Crippen LogP contribution in [0.5, 0.6) is 0 Å². The maximum Gasteiger partial charge on any atom is 0.175 e. The predicted molar refractivity (Wildman–Crippen MR) is 64.3 cm³/mol. The molecule has 2 nitrogen and oxygen atoms in total. The van der Waals surface area contributed by atoms with E-state index >= 15 is 0 Å². The van der Waals surface area contributed by atoms with E-state index in [1.807, 2.05) is 6.92 Å². The molecule has 0 aliphatic heterocycles. The van der Waals surface area contributed by atoms with Crippen LogP contribution in [0.2, 0.25) is 0 Å². The van der Waals surface area contributed by atoms with Crippen LogP contribution in [0.3, 0.4) is 0 Å². The van der Waals surface area contributed by atoms with Gasteiger partial charge in [0.05, 0.1) is 11.9 Å². The fourth-order valence-corrected chi connectivity index (χ4v) is 2.34. The lowest BCUT2D eigenvalue weighted by Crippen LogP contribution is -2.18. The highest BCUT2D eigenvalue weighted by Gasteiger charge is 2.18. The van der Waals surface area contributed by atoms with Crippen LogP contribution in [0.4, 0.5) is 4.39 Å². The molecule has 0 bridgehead atoms. The van der Waals surface area contributed by atoms with Crippen molar-refractivity contribution >= 4 is 17.5 Å². The lowest BCUT2D eigenvalue weighted by Gasteiger charge is -2.14. The normalized spacial score (nSPS) is 14.5. The van der Waals surface area contributed by atoms with Gasteiger partial charge in [-0.3, -0.25) is 4.79 Å². The Kier molecular flexibility index (Phi) is 4.96. The number of carbonyl (C=O) groups excluding carboxylic acids is 1. The molecule has 0 spiro atoms. The van der Waals surface area contributed by atoms with Gasteiger partial charge in [-0.1, -0.05) is 6.92 Å². The van der Waals surface area contributed by atoms with Gasteiger partial charge in [-0.2, -0.15) is 0 Å². The van der Waals surface area contributed by atoms with E-state index < -0.39 is 0 Å². The SMILES string of the molecule is CC(CO)SC(C)C(=O)c1ccc(F)cc1. The quantitative estimate of drug-likeness (QED) is 0.806. The summed E-state index contributed by atoms with van der Waals surface area (Å²) in [6.07, 6.45) is 0. The largest absolute Gasteiger partial charge is 0.395 e. The van der Waals surface area contributed by atoms with E-state index in [2.05, 4.69) is 0 Å². The molecule has 1 aromatic carbocycles. The van der Waals surface area contributed by atoms with Gasteiger partial charge in [0.2, 0.25) is 0 Å². The Hall–Kier alpha value is -0.870. The van der Waals surface area contributed by atoms with Crippen molar-refractivity contribution in [3.63, 3.8) is 0 Å². The summed E-state index contributed by atoms with van der Waals surface area (Å²) in [4.78, 5) is 11.9. The van der Waals surface area contributed by atoms with E-state index in [0.717, 1.165) is 0 Å². The summed E-state index contributed by atoms with van der Waals surface area (Å²) < 4.78 is 12.7. The third kappa shape index (κ3) is 3.61. The van der Waals surface area contributed by atoms with Gasteiger partial charge in [0.25, 0.3) is 0 Å². The molecule has 0 aromatic heterocycles. The van der Waals surface area contributed by atoms with Gasteiger partial charge in [0.15, 0.2) is 5.78 Å². The van der Waals surface area contributed by atoms with Crippen LogP contribution in [0, 0.1) is 5.82 Å². The van der Waals surface area contributed by atoms with Crippen LogP contribution >= 0.6 is 11.8 Å². The fraction of sp³-hybridized carbons (Fsp3) is 0.417. The van der Waals surface area contributed by atoms with Crippen LogP contribution in [0.25, 0.3) is 0 Å². The van der Waals surface area contributed by atoms with Crippen molar-refractivity contribution in [3.8, 4) is 0 Å². The lowest BCUT2D eigenvalue weighted by molar-refractivity contribution is 0.0993. The number of aliphatic hydroxyl groups excluding tert-OH is 1. The Labute approximate surface area is 98.9 Å². The van der Waals surface area contributed by atoms with Gasteiger partial charge in [-0.25, -0.2) is 4.39 Å². The molecule has 0 radical (unpaired) electrons. The van der Waals surface area contributed by atoms with Crippen molar-refractivity contribution in [1.29, 1.82) is 0 Å². The first-order chi connectivity index (χ1) is 7.54. The molecular weight excluding hydrogens is 227 g/mol. The van der Waals surface area contributed by atoms with Gasteiger partial charge >= 0.3 is 0 Å². The number of hydrogen-bond donors (Lipinski definition) is 1. The molecular formula is C12H15FO2S. The number of benzene rings is 1. The van der Waals surface area contributed by atoms with Gasteiger partial charge in [0, 0.05) is 10.8 Å². The van der Waals surface area contributed by atoms with E-state index in [0.29, 0.717) is 5.56 Å². The van der Waals surface area contributed by atoms with E-state index in [1.165, 1.54) is 36.0 Å². The lowest BCUT2D eigenvalue weighted by atomic mass is 10.1. The van der Waals surface area contributed by atoms with Crippen molar-refractivity contribution in [2.45, 2.75) is 24.3 Å². The maximum absolute atomic E-state index is 12.7. The molecule has 16 heavy (non-hydrogen) atoms. The van der Waals surface area contributed by atoms with Crippen LogP contribution in [-0.4, -0.2) is 28.0 Å². The molecule has 1 N–H and O–H groups in total. The van der Waals surface area contributed by atoms with Crippen LogP contribution in [0.15, 0.2) is 24.3 Å². The van der Waals surface area contributed by atoms with Crippen molar-refractivity contribution in [3.05, 3.63) is 35.6 Å². The summed E-state index contributed by atoms with van der Waals surface area (Å²) in [6.45, 7) is 3.70.